The molecule has 1 aliphatic heterocycles. The number of piperidine rings is 1. The molecule has 2 aromatic carbocycles. The van der Waals surface area contributed by atoms with E-state index in [-0.39, 0.29) is 11.5 Å². The fourth-order valence-corrected chi connectivity index (χ4v) is 4.19. The monoisotopic (exact) mass is 408 g/mol. The van der Waals surface area contributed by atoms with Crippen LogP contribution in [0.5, 0.6) is 0 Å². The zero-order valence-electron chi connectivity index (χ0n) is 16.4. The standard InChI is InChI=1S/C22H24N4O2S/c1-2-26-21(28)16-11-10-15(14-18(16)24-22(26)29)20(27)23-17-8-4-5-9-19(17)25-12-6-3-7-13-25/h4-5,8-11,14H,2-3,6-7,12-13H2,1H3,(H,23,27)(H,24,29). The molecule has 1 amide bonds. The number of anilines is 2. The normalized spacial score (nSPS) is 14.2. The highest BCUT2D eigenvalue weighted by Crippen LogP contribution is 2.28. The van der Waals surface area contributed by atoms with Crippen molar-refractivity contribution in [1.29, 1.82) is 0 Å². The van der Waals surface area contributed by atoms with Gasteiger partial charge in [0.25, 0.3) is 11.5 Å². The smallest absolute Gasteiger partial charge is 0.262 e. The molecular weight excluding hydrogens is 384 g/mol. The molecule has 2 heterocycles. The Morgan fingerprint density at radius 3 is 2.66 bits per heavy atom. The van der Waals surface area contributed by atoms with Gasteiger partial charge in [-0.25, -0.2) is 0 Å². The highest BCUT2D eigenvalue weighted by molar-refractivity contribution is 7.71. The third-order valence-electron chi connectivity index (χ3n) is 5.41. The molecule has 0 saturated carbocycles. The molecule has 1 aliphatic rings. The number of aromatic nitrogens is 2. The van der Waals surface area contributed by atoms with Gasteiger partial charge in [0, 0.05) is 25.2 Å². The van der Waals surface area contributed by atoms with Crippen LogP contribution < -0.4 is 15.8 Å². The van der Waals surface area contributed by atoms with E-state index < -0.39 is 0 Å². The largest absolute Gasteiger partial charge is 0.370 e. The van der Waals surface area contributed by atoms with E-state index in [2.05, 4.69) is 15.2 Å². The molecule has 2 N–H and O–H groups in total. The Hall–Kier alpha value is -2.93. The number of para-hydroxylation sites is 2. The lowest BCUT2D eigenvalue weighted by atomic mass is 10.1. The summed E-state index contributed by atoms with van der Waals surface area (Å²) in [5, 5.41) is 3.56. The molecule has 150 valence electrons. The number of amides is 1. The molecule has 0 unspecified atom stereocenters. The SMILES string of the molecule is CCn1c(=S)[nH]c2cc(C(=O)Nc3ccccc3N3CCCCC3)ccc2c1=O. The summed E-state index contributed by atoms with van der Waals surface area (Å²) in [6, 6.07) is 12.9. The molecule has 0 aliphatic carbocycles. The third-order valence-corrected chi connectivity index (χ3v) is 5.73. The molecule has 0 spiro atoms. The third kappa shape index (κ3) is 3.82. The van der Waals surface area contributed by atoms with Crippen molar-refractivity contribution in [3.05, 3.63) is 63.2 Å². The molecule has 3 aromatic rings. The average molecular weight is 409 g/mol. The van der Waals surface area contributed by atoms with Gasteiger partial charge in [0.1, 0.15) is 0 Å². The van der Waals surface area contributed by atoms with Crippen molar-refractivity contribution in [3.63, 3.8) is 0 Å². The average Bonchev–Trinajstić information content (AvgIpc) is 2.74. The Bertz CT molecular complexity index is 1180. The summed E-state index contributed by atoms with van der Waals surface area (Å²) in [5.74, 6) is -0.213. The van der Waals surface area contributed by atoms with Crippen molar-refractivity contribution in [1.82, 2.24) is 9.55 Å². The molecular formula is C22H24N4O2S. The molecule has 0 radical (unpaired) electrons. The first-order valence-corrected chi connectivity index (χ1v) is 10.4. The van der Waals surface area contributed by atoms with Crippen LogP contribution in [-0.4, -0.2) is 28.5 Å². The Morgan fingerprint density at radius 1 is 1.14 bits per heavy atom. The minimum absolute atomic E-state index is 0.145. The summed E-state index contributed by atoms with van der Waals surface area (Å²) in [6.07, 6.45) is 3.59. The Morgan fingerprint density at radius 2 is 1.90 bits per heavy atom. The van der Waals surface area contributed by atoms with Crippen molar-refractivity contribution >= 4 is 40.4 Å². The van der Waals surface area contributed by atoms with Gasteiger partial charge in [0.2, 0.25) is 0 Å². The summed E-state index contributed by atoms with van der Waals surface area (Å²) in [5.41, 5.74) is 2.75. The van der Waals surface area contributed by atoms with Gasteiger partial charge in [-0.1, -0.05) is 12.1 Å². The number of nitrogens with zero attached hydrogens (tertiary/aromatic N) is 2. The quantitative estimate of drug-likeness (QED) is 0.631. The van der Waals surface area contributed by atoms with Crippen LogP contribution in [0.4, 0.5) is 11.4 Å². The molecule has 1 fully saturated rings. The second-order valence-electron chi connectivity index (χ2n) is 7.26. The van der Waals surface area contributed by atoms with Gasteiger partial charge >= 0.3 is 0 Å². The van der Waals surface area contributed by atoms with E-state index >= 15 is 0 Å². The molecule has 1 aromatic heterocycles. The van der Waals surface area contributed by atoms with Crippen molar-refractivity contribution < 1.29 is 4.79 Å². The fourth-order valence-electron chi connectivity index (χ4n) is 3.87. The maximum atomic E-state index is 12.9. The van der Waals surface area contributed by atoms with E-state index in [9.17, 15) is 9.59 Å². The van der Waals surface area contributed by atoms with Gasteiger partial charge < -0.3 is 15.2 Å². The second-order valence-corrected chi connectivity index (χ2v) is 7.65. The van der Waals surface area contributed by atoms with E-state index in [1.165, 1.54) is 23.8 Å². The maximum Gasteiger partial charge on any atom is 0.262 e. The Labute approximate surface area is 174 Å². The van der Waals surface area contributed by atoms with E-state index in [4.69, 9.17) is 12.2 Å². The zero-order chi connectivity index (χ0) is 20.4. The van der Waals surface area contributed by atoms with Gasteiger partial charge in [-0.3, -0.25) is 14.2 Å². The summed E-state index contributed by atoms with van der Waals surface area (Å²) < 4.78 is 1.87. The molecule has 4 rings (SSSR count). The number of hydrogen-bond donors (Lipinski definition) is 2. The predicted molar refractivity (Wildman–Crippen MR) is 120 cm³/mol. The van der Waals surface area contributed by atoms with Crippen LogP contribution in [0.15, 0.2) is 47.3 Å². The zero-order valence-corrected chi connectivity index (χ0v) is 17.2. The van der Waals surface area contributed by atoms with E-state index in [0.29, 0.717) is 27.8 Å². The first kappa shape index (κ1) is 19.4. The van der Waals surface area contributed by atoms with Gasteiger partial charge in [-0.2, -0.15) is 0 Å². The number of rotatable bonds is 4. The maximum absolute atomic E-state index is 12.9. The van der Waals surface area contributed by atoms with E-state index in [1.807, 2.05) is 31.2 Å². The molecule has 7 heteroatoms. The molecule has 0 bridgehead atoms. The molecule has 1 saturated heterocycles. The van der Waals surface area contributed by atoms with Crippen molar-refractivity contribution in [3.8, 4) is 0 Å². The first-order valence-electron chi connectivity index (χ1n) is 10.0. The number of carbonyl (C=O) groups is 1. The van der Waals surface area contributed by atoms with Crippen LogP contribution in [0, 0.1) is 4.77 Å². The highest BCUT2D eigenvalue weighted by atomic mass is 32.1. The lowest BCUT2D eigenvalue weighted by Crippen LogP contribution is -2.30. The number of H-pyrrole nitrogens is 1. The lowest BCUT2D eigenvalue weighted by Gasteiger charge is -2.30. The van der Waals surface area contributed by atoms with Crippen LogP contribution >= 0.6 is 12.2 Å². The van der Waals surface area contributed by atoms with Crippen LogP contribution in [-0.2, 0) is 6.54 Å². The minimum Gasteiger partial charge on any atom is -0.370 e. The van der Waals surface area contributed by atoms with E-state index in [1.54, 1.807) is 18.2 Å². The summed E-state index contributed by atoms with van der Waals surface area (Å²) in [7, 11) is 0. The fraction of sp³-hybridized carbons (Fsp3) is 0.318. The number of nitrogens with one attached hydrogen (secondary N) is 2. The number of fused-ring (bicyclic) bond motifs is 1. The van der Waals surface area contributed by atoms with Crippen LogP contribution in [0.1, 0.15) is 36.5 Å². The van der Waals surface area contributed by atoms with Crippen LogP contribution in [0.3, 0.4) is 0 Å². The number of carbonyl (C=O) groups excluding carboxylic acids is 1. The van der Waals surface area contributed by atoms with Gasteiger partial charge in [-0.05, 0) is 68.7 Å². The topological polar surface area (TPSA) is 70.1 Å². The van der Waals surface area contributed by atoms with E-state index in [0.717, 1.165) is 24.5 Å². The first-order chi connectivity index (χ1) is 14.1. The van der Waals surface area contributed by atoms with Gasteiger partial charge in [-0.15, -0.1) is 0 Å². The number of aromatic amines is 1. The predicted octanol–water partition coefficient (Wildman–Crippen LogP) is 4.32. The van der Waals surface area contributed by atoms with Crippen LogP contribution in [0.25, 0.3) is 10.9 Å². The summed E-state index contributed by atoms with van der Waals surface area (Å²) in [4.78, 5) is 30.9. The van der Waals surface area contributed by atoms with Crippen molar-refractivity contribution in [2.45, 2.75) is 32.7 Å². The molecule has 29 heavy (non-hydrogen) atoms. The number of hydrogen-bond acceptors (Lipinski definition) is 4. The Kier molecular flexibility index (Phi) is 5.49. The Balaban J connectivity index is 1.65. The van der Waals surface area contributed by atoms with Gasteiger partial charge in [0.05, 0.1) is 22.3 Å². The molecule has 0 atom stereocenters. The van der Waals surface area contributed by atoms with Crippen LogP contribution in [0.2, 0.25) is 0 Å². The number of benzene rings is 2. The summed E-state index contributed by atoms with van der Waals surface area (Å²) >= 11 is 5.27. The lowest BCUT2D eigenvalue weighted by molar-refractivity contribution is 0.102. The van der Waals surface area contributed by atoms with Crippen molar-refractivity contribution in [2.24, 2.45) is 0 Å². The van der Waals surface area contributed by atoms with Crippen molar-refractivity contribution in [2.75, 3.05) is 23.3 Å². The minimum atomic E-state index is -0.213. The molecule has 6 nitrogen and oxygen atoms in total. The summed E-state index contributed by atoms with van der Waals surface area (Å²) in [6.45, 7) is 4.38. The van der Waals surface area contributed by atoms with Gasteiger partial charge in [0.15, 0.2) is 4.77 Å². The second kappa shape index (κ2) is 8.21. The highest BCUT2D eigenvalue weighted by Gasteiger charge is 2.16.